The highest BCUT2D eigenvalue weighted by Gasteiger charge is 2.62. The number of nitrogens with two attached hydrogens (primary N) is 1. The van der Waals surface area contributed by atoms with Gasteiger partial charge in [0.1, 0.15) is 6.17 Å². The maximum absolute atomic E-state index is 14.4. The zero-order valence-corrected chi connectivity index (χ0v) is 14.0. The Labute approximate surface area is 137 Å². The molecule has 0 spiro atoms. The molecule has 3 nitrogen and oxygen atoms in total. The van der Waals surface area contributed by atoms with Crippen molar-refractivity contribution in [3.8, 4) is 0 Å². The molecule has 2 saturated carbocycles. The lowest BCUT2D eigenvalue weighted by molar-refractivity contribution is -0.0653. The minimum Gasteiger partial charge on any atom is -0.389 e. The molecule has 9 atom stereocenters. The van der Waals surface area contributed by atoms with Crippen LogP contribution in [0.3, 0.4) is 0 Å². The van der Waals surface area contributed by atoms with Crippen LogP contribution >= 0.6 is 0 Å². The van der Waals surface area contributed by atoms with E-state index in [1.807, 2.05) is 12.2 Å². The average molecular weight is 321 g/mol. The Morgan fingerprint density at radius 3 is 2.74 bits per heavy atom. The maximum atomic E-state index is 14.4. The van der Waals surface area contributed by atoms with Crippen molar-refractivity contribution in [2.24, 2.45) is 34.3 Å². The summed E-state index contributed by atoms with van der Waals surface area (Å²) in [5, 5.41) is 20.8. The van der Waals surface area contributed by atoms with Crippen LogP contribution in [0, 0.1) is 28.6 Å². The zero-order chi connectivity index (χ0) is 16.6. The van der Waals surface area contributed by atoms with Gasteiger partial charge in [0.25, 0.3) is 0 Å². The minimum atomic E-state index is -0.960. The van der Waals surface area contributed by atoms with Gasteiger partial charge in [0, 0.05) is 11.5 Å². The second kappa shape index (κ2) is 4.90. The Morgan fingerprint density at radius 2 is 2.00 bits per heavy atom. The standard InChI is InChI=1S/C19H28FNO2/c1-18-5-3-11(22)7-10(18)8-15(23)16-12(18)4-6-19(2)13(16)9-14(20)17(19)21/h3,5,8,11-17,22-23H,4,6-7,9,21H2,1-2H3/t11-,12-,13-,14+,15-,16+,17-,18-,19-/m0/s1. The van der Waals surface area contributed by atoms with Crippen molar-refractivity contribution in [3.05, 3.63) is 23.8 Å². The first-order valence-electron chi connectivity index (χ1n) is 8.93. The van der Waals surface area contributed by atoms with Crippen molar-refractivity contribution < 1.29 is 14.6 Å². The van der Waals surface area contributed by atoms with E-state index in [4.69, 9.17) is 5.73 Å². The Balaban J connectivity index is 1.76. The normalized spacial score (nSPS) is 58.2. The fourth-order valence-electron chi connectivity index (χ4n) is 6.24. The summed E-state index contributed by atoms with van der Waals surface area (Å²) in [5.41, 5.74) is 7.01. The van der Waals surface area contributed by atoms with Gasteiger partial charge in [0.15, 0.2) is 0 Å². The highest BCUT2D eigenvalue weighted by atomic mass is 19.1. The van der Waals surface area contributed by atoms with E-state index in [0.717, 1.165) is 18.4 Å². The molecule has 0 aromatic heterocycles. The Morgan fingerprint density at radius 1 is 1.26 bits per heavy atom. The lowest BCUT2D eigenvalue weighted by atomic mass is 9.48. The first-order valence-corrected chi connectivity index (χ1v) is 8.93. The smallest absolute Gasteiger partial charge is 0.116 e. The molecule has 23 heavy (non-hydrogen) atoms. The van der Waals surface area contributed by atoms with Crippen LogP contribution in [0.2, 0.25) is 0 Å². The van der Waals surface area contributed by atoms with E-state index in [9.17, 15) is 14.6 Å². The fraction of sp³-hybridized carbons (Fsp3) is 0.789. The molecule has 4 heteroatoms. The second-order valence-corrected chi connectivity index (χ2v) is 8.71. The van der Waals surface area contributed by atoms with Crippen molar-refractivity contribution in [1.82, 2.24) is 0 Å². The van der Waals surface area contributed by atoms with Crippen molar-refractivity contribution >= 4 is 0 Å². The van der Waals surface area contributed by atoms with Crippen molar-refractivity contribution in [3.63, 3.8) is 0 Å². The van der Waals surface area contributed by atoms with Gasteiger partial charge in [-0.25, -0.2) is 4.39 Å². The molecule has 0 heterocycles. The number of halogens is 1. The number of rotatable bonds is 0. The van der Waals surface area contributed by atoms with Crippen LogP contribution in [0.25, 0.3) is 0 Å². The molecule has 0 aromatic carbocycles. The fourth-order valence-corrected chi connectivity index (χ4v) is 6.24. The molecule has 0 unspecified atom stereocenters. The monoisotopic (exact) mass is 321 g/mol. The van der Waals surface area contributed by atoms with Gasteiger partial charge in [-0.15, -0.1) is 0 Å². The number of hydrogen-bond donors (Lipinski definition) is 3. The SMILES string of the molecule is C[C@]12CC[C@H]3[C@@H]([C@@H](O)C=C4C[C@@H](O)C=C[C@@]43C)[C@@H]1C[C@@H](F)[C@@H]2N. The van der Waals surface area contributed by atoms with E-state index in [1.165, 1.54) is 0 Å². The molecule has 0 aliphatic heterocycles. The number of fused-ring (bicyclic) bond motifs is 5. The second-order valence-electron chi connectivity index (χ2n) is 8.71. The molecular formula is C19H28FNO2. The van der Waals surface area contributed by atoms with E-state index in [2.05, 4.69) is 19.9 Å². The highest BCUT2D eigenvalue weighted by Crippen LogP contribution is 2.63. The Kier molecular flexibility index (Phi) is 3.37. The maximum Gasteiger partial charge on any atom is 0.116 e. The Hall–Kier alpha value is -0.710. The molecule has 0 bridgehead atoms. The number of allylic oxidation sites excluding steroid dienone is 1. The first-order chi connectivity index (χ1) is 10.8. The number of aliphatic hydroxyl groups excluding tert-OH is 2. The van der Waals surface area contributed by atoms with Crippen LogP contribution in [0.4, 0.5) is 4.39 Å². The third-order valence-electron chi connectivity index (χ3n) is 7.72. The molecule has 4 aliphatic rings. The van der Waals surface area contributed by atoms with Gasteiger partial charge >= 0.3 is 0 Å². The van der Waals surface area contributed by atoms with Gasteiger partial charge in [-0.2, -0.15) is 0 Å². The molecule has 0 saturated heterocycles. The molecule has 4 rings (SSSR count). The zero-order valence-electron chi connectivity index (χ0n) is 14.0. The summed E-state index contributed by atoms with van der Waals surface area (Å²) in [6.07, 6.45) is 6.94. The molecule has 4 aliphatic carbocycles. The summed E-state index contributed by atoms with van der Waals surface area (Å²) < 4.78 is 14.4. The van der Waals surface area contributed by atoms with Crippen LogP contribution < -0.4 is 5.73 Å². The Bertz CT molecular complexity index is 576. The van der Waals surface area contributed by atoms with E-state index in [-0.39, 0.29) is 22.7 Å². The first kappa shape index (κ1) is 15.8. The lowest BCUT2D eigenvalue weighted by Gasteiger charge is -2.57. The molecule has 0 amide bonds. The summed E-state index contributed by atoms with van der Waals surface area (Å²) in [5.74, 6) is 0.502. The lowest BCUT2D eigenvalue weighted by Crippen LogP contribution is -2.55. The van der Waals surface area contributed by atoms with Gasteiger partial charge in [-0.1, -0.05) is 37.6 Å². The van der Waals surface area contributed by atoms with E-state index in [1.54, 1.807) is 0 Å². The average Bonchev–Trinajstić information content (AvgIpc) is 2.73. The van der Waals surface area contributed by atoms with Gasteiger partial charge in [0.05, 0.1) is 12.2 Å². The molecule has 2 fully saturated rings. The van der Waals surface area contributed by atoms with Crippen LogP contribution in [0.1, 0.15) is 39.5 Å². The van der Waals surface area contributed by atoms with E-state index >= 15 is 0 Å². The summed E-state index contributed by atoms with van der Waals surface area (Å²) in [4.78, 5) is 0. The van der Waals surface area contributed by atoms with Crippen molar-refractivity contribution in [2.75, 3.05) is 0 Å². The van der Waals surface area contributed by atoms with Gasteiger partial charge in [0.2, 0.25) is 0 Å². The topological polar surface area (TPSA) is 66.5 Å². The number of alkyl halides is 1. The molecule has 0 radical (unpaired) electrons. The molecule has 4 N–H and O–H groups in total. The molecule has 0 aromatic rings. The van der Waals surface area contributed by atoms with Crippen LogP contribution in [-0.4, -0.2) is 34.6 Å². The van der Waals surface area contributed by atoms with Crippen molar-refractivity contribution in [2.45, 2.75) is 64.0 Å². The summed E-state index contributed by atoms with van der Waals surface area (Å²) in [6, 6.07) is -0.414. The number of hydrogen-bond acceptors (Lipinski definition) is 3. The third kappa shape index (κ3) is 1.98. The van der Waals surface area contributed by atoms with Crippen molar-refractivity contribution in [1.29, 1.82) is 0 Å². The summed E-state index contributed by atoms with van der Waals surface area (Å²) in [7, 11) is 0. The van der Waals surface area contributed by atoms with E-state index in [0.29, 0.717) is 18.8 Å². The quantitative estimate of drug-likeness (QED) is 0.600. The van der Waals surface area contributed by atoms with E-state index < -0.39 is 24.4 Å². The third-order valence-corrected chi connectivity index (χ3v) is 7.72. The summed E-state index contributed by atoms with van der Waals surface area (Å²) in [6.45, 7) is 4.34. The van der Waals surface area contributed by atoms with Gasteiger partial charge in [-0.3, -0.25) is 0 Å². The number of aliphatic hydroxyl groups is 2. The predicted octanol–water partition coefficient (Wildman–Crippen LogP) is 2.33. The molecular weight excluding hydrogens is 293 g/mol. The van der Waals surface area contributed by atoms with Crippen LogP contribution in [0.5, 0.6) is 0 Å². The summed E-state index contributed by atoms with van der Waals surface area (Å²) >= 11 is 0. The molecule has 128 valence electrons. The minimum absolute atomic E-state index is 0.0641. The van der Waals surface area contributed by atoms with Crippen LogP contribution in [-0.2, 0) is 0 Å². The van der Waals surface area contributed by atoms with Gasteiger partial charge in [-0.05, 0) is 48.9 Å². The highest BCUT2D eigenvalue weighted by molar-refractivity contribution is 5.34. The van der Waals surface area contributed by atoms with Gasteiger partial charge < -0.3 is 15.9 Å². The van der Waals surface area contributed by atoms with Crippen LogP contribution in [0.15, 0.2) is 23.8 Å². The largest absolute Gasteiger partial charge is 0.389 e. The predicted molar refractivity (Wildman–Crippen MR) is 87.3 cm³/mol.